The molecule has 0 atom stereocenters. The van der Waals surface area contributed by atoms with E-state index in [9.17, 15) is 4.79 Å². The molecule has 0 spiro atoms. The van der Waals surface area contributed by atoms with E-state index in [0.717, 1.165) is 33.8 Å². The van der Waals surface area contributed by atoms with Crippen molar-refractivity contribution in [3.05, 3.63) is 99.7 Å². The van der Waals surface area contributed by atoms with Crippen LogP contribution in [-0.2, 0) is 13.1 Å². The quantitative estimate of drug-likeness (QED) is 0.412. The van der Waals surface area contributed by atoms with Crippen LogP contribution in [0.3, 0.4) is 0 Å². The Kier molecular flexibility index (Phi) is 6.01. The molecule has 1 amide bonds. The van der Waals surface area contributed by atoms with Gasteiger partial charge in [-0.1, -0.05) is 41.9 Å². The molecule has 1 aromatic heterocycles. The van der Waals surface area contributed by atoms with Gasteiger partial charge in [0.05, 0.1) is 7.11 Å². The van der Waals surface area contributed by atoms with Gasteiger partial charge in [0.15, 0.2) is 0 Å². The lowest BCUT2D eigenvalue weighted by atomic mass is 10.1. The summed E-state index contributed by atoms with van der Waals surface area (Å²) in [5.41, 5.74) is 6.27. The number of nitrogens with one attached hydrogen (secondary N) is 1. The zero-order valence-corrected chi connectivity index (χ0v) is 18.7. The number of rotatable bonds is 6. The van der Waals surface area contributed by atoms with E-state index in [0.29, 0.717) is 12.1 Å². The average molecular weight is 433 g/mol. The summed E-state index contributed by atoms with van der Waals surface area (Å²) in [7, 11) is 1.63. The van der Waals surface area contributed by atoms with Gasteiger partial charge in [-0.05, 0) is 61.4 Å². The van der Waals surface area contributed by atoms with Crippen molar-refractivity contribution in [1.29, 1.82) is 0 Å². The number of methoxy groups -OCH3 is 1. The highest BCUT2D eigenvalue weighted by molar-refractivity contribution is 6.30. The van der Waals surface area contributed by atoms with Crippen molar-refractivity contribution < 1.29 is 9.53 Å². The van der Waals surface area contributed by atoms with Crippen molar-refractivity contribution in [2.24, 2.45) is 0 Å². The average Bonchev–Trinajstić information content (AvgIpc) is 3.03. The minimum atomic E-state index is -0.102. The van der Waals surface area contributed by atoms with Crippen molar-refractivity contribution in [2.75, 3.05) is 7.11 Å². The Labute approximate surface area is 187 Å². The number of nitrogens with zero attached hydrogens (tertiary/aromatic N) is 1. The molecule has 4 rings (SSSR count). The SMILES string of the molecule is COc1ccccc1CNC(=O)c1ccc2c(c1)c(C)c(C)n2Cc1ccc(Cl)cc1. The smallest absolute Gasteiger partial charge is 0.251 e. The van der Waals surface area contributed by atoms with Gasteiger partial charge in [-0.15, -0.1) is 0 Å². The fourth-order valence-corrected chi connectivity index (χ4v) is 4.02. The van der Waals surface area contributed by atoms with Gasteiger partial charge in [0, 0.05) is 45.8 Å². The molecule has 4 nitrogen and oxygen atoms in total. The Hall–Kier alpha value is -3.24. The summed E-state index contributed by atoms with van der Waals surface area (Å²) in [4.78, 5) is 12.8. The van der Waals surface area contributed by atoms with E-state index in [2.05, 4.69) is 23.7 Å². The van der Waals surface area contributed by atoms with Gasteiger partial charge in [0.1, 0.15) is 5.75 Å². The van der Waals surface area contributed by atoms with E-state index in [4.69, 9.17) is 16.3 Å². The van der Waals surface area contributed by atoms with Crippen LogP contribution < -0.4 is 10.1 Å². The van der Waals surface area contributed by atoms with Crippen LogP contribution in [0.4, 0.5) is 0 Å². The Morgan fingerprint density at radius 1 is 1.03 bits per heavy atom. The molecule has 0 aliphatic heterocycles. The molecular formula is C26H25ClN2O2. The summed E-state index contributed by atoms with van der Waals surface area (Å²) < 4.78 is 7.65. The summed E-state index contributed by atoms with van der Waals surface area (Å²) in [6.07, 6.45) is 0. The van der Waals surface area contributed by atoms with Gasteiger partial charge >= 0.3 is 0 Å². The van der Waals surface area contributed by atoms with E-state index in [1.54, 1.807) is 7.11 Å². The lowest BCUT2D eigenvalue weighted by Gasteiger charge is -2.11. The molecule has 3 aromatic carbocycles. The Morgan fingerprint density at radius 3 is 2.52 bits per heavy atom. The lowest BCUT2D eigenvalue weighted by Crippen LogP contribution is -2.23. The number of amides is 1. The molecule has 0 bridgehead atoms. The van der Waals surface area contributed by atoms with Crippen LogP contribution in [0, 0.1) is 13.8 Å². The molecule has 1 heterocycles. The lowest BCUT2D eigenvalue weighted by molar-refractivity contribution is 0.0951. The van der Waals surface area contributed by atoms with Crippen LogP contribution in [0.15, 0.2) is 66.7 Å². The number of carbonyl (C=O) groups is 1. The fourth-order valence-electron chi connectivity index (χ4n) is 3.89. The number of carbonyl (C=O) groups excluding carboxylic acids is 1. The molecule has 31 heavy (non-hydrogen) atoms. The van der Waals surface area contributed by atoms with E-state index >= 15 is 0 Å². The Balaban J connectivity index is 1.58. The molecule has 0 unspecified atom stereocenters. The van der Waals surface area contributed by atoms with Crippen LogP contribution in [0.2, 0.25) is 5.02 Å². The highest BCUT2D eigenvalue weighted by atomic mass is 35.5. The summed E-state index contributed by atoms with van der Waals surface area (Å²) in [5.74, 6) is 0.666. The number of benzene rings is 3. The van der Waals surface area contributed by atoms with Crippen LogP contribution in [0.5, 0.6) is 5.75 Å². The van der Waals surface area contributed by atoms with Crippen molar-refractivity contribution in [1.82, 2.24) is 9.88 Å². The highest BCUT2D eigenvalue weighted by Crippen LogP contribution is 2.27. The van der Waals surface area contributed by atoms with Crippen molar-refractivity contribution in [2.45, 2.75) is 26.9 Å². The van der Waals surface area contributed by atoms with E-state index < -0.39 is 0 Å². The number of fused-ring (bicyclic) bond motifs is 1. The molecule has 0 fully saturated rings. The molecule has 5 heteroatoms. The predicted octanol–water partition coefficient (Wildman–Crippen LogP) is 5.90. The number of ether oxygens (including phenoxy) is 1. The number of para-hydroxylation sites is 1. The summed E-state index contributed by atoms with van der Waals surface area (Å²) >= 11 is 6.02. The monoisotopic (exact) mass is 432 g/mol. The molecule has 0 saturated carbocycles. The maximum atomic E-state index is 12.8. The largest absolute Gasteiger partial charge is 0.496 e. The second-order valence-electron chi connectivity index (χ2n) is 7.65. The van der Waals surface area contributed by atoms with Gasteiger partial charge in [-0.3, -0.25) is 4.79 Å². The third-order valence-corrected chi connectivity index (χ3v) is 6.04. The summed E-state index contributed by atoms with van der Waals surface area (Å²) in [6, 6.07) is 21.5. The molecule has 0 saturated heterocycles. The first kappa shape index (κ1) is 21.0. The van der Waals surface area contributed by atoms with Gasteiger partial charge in [0.25, 0.3) is 5.91 Å². The van der Waals surface area contributed by atoms with Crippen LogP contribution in [0.1, 0.15) is 32.7 Å². The number of hydrogen-bond acceptors (Lipinski definition) is 2. The molecule has 0 aliphatic carbocycles. The van der Waals surface area contributed by atoms with Crippen molar-refractivity contribution in [3.8, 4) is 5.75 Å². The number of aryl methyl sites for hydroxylation is 1. The summed E-state index contributed by atoms with van der Waals surface area (Å²) in [6.45, 7) is 5.39. The molecule has 1 N–H and O–H groups in total. The Bertz CT molecular complexity index is 1240. The Morgan fingerprint density at radius 2 is 1.77 bits per heavy atom. The first-order chi connectivity index (χ1) is 15.0. The minimum absolute atomic E-state index is 0.102. The highest BCUT2D eigenvalue weighted by Gasteiger charge is 2.15. The predicted molar refractivity (Wildman–Crippen MR) is 126 cm³/mol. The van der Waals surface area contributed by atoms with Gasteiger partial charge < -0.3 is 14.6 Å². The van der Waals surface area contributed by atoms with E-state index in [1.165, 1.54) is 16.8 Å². The normalized spacial score (nSPS) is 11.0. The fraction of sp³-hybridized carbons (Fsp3) is 0.192. The second-order valence-corrected chi connectivity index (χ2v) is 8.09. The van der Waals surface area contributed by atoms with Crippen molar-refractivity contribution >= 4 is 28.4 Å². The maximum Gasteiger partial charge on any atom is 0.251 e. The molecular weight excluding hydrogens is 408 g/mol. The van der Waals surface area contributed by atoms with Crippen LogP contribution in [0.25, 0.3) is 10.9 Å². The van der Waals surface area contributed by atoms with Crippen LogP contribution in [-0.4, -0.2) is 17.6 Å². The first-order valence-electron chi connectivity index (χ1n) is 10.2. The van der Waals surface area contributed by atoms with E-state index in [1.807, 2.05) is 66.7 Å². The van der Waals surface area contributed by atoms with Gasteiger partial charge in [0.2, 0.25) is 0 Å². The molecule has 4 aromatic rings. The second kappa shape index (κ2) is 8.86. The van der Waals surface area contributed by atoms with Crippen LogP contribution >= 0.6 is 11.6 Å². The zero-order valence-electron chi connectivity index (χ0n) is 17.9. The van der Waals surface area contributed by atoms with E-state index in [-0.39, 0.29) is 5.91 Å². The third-order valence-electron chi connectivity index (χ3n) is 5.79. The zero-order chi connectivity index (χ0) is 22.0. The number of halogens is 1. The number of aromatic nitrogens is 1. The van der Waals surface area contributed by atoms with Gasteiger partial charge in [-0.25, -0.2) is 0 Å². The number of hydrogen-bond donors (Lipinski definition) is 1. The molecule has 158 valence electrons. The van der Waals surface area contributed by atoms with Crippen molar-refractivity contribution in [3.63, 3.8) is 0 Å². The topological polar surface area (TPSA) is 43.3 Å². The third kappa shape index (κ3) is 4.30. The maximum absolute atomic E-state index is 12.8. The first-order valence-corrected chi connectivity index (χ1v) is 10.6. The standard InChI is InChI=1S/C26H25ClN2O2/c1-17-18(2)29(16-19-8-11-22(27)12-9-19)24-13-10-20(14-23(17)24)26(30)28-15-21-6-4-5-7-25(21)31-3/h4-14H,15-16H2,1-3H3,(H,28,30). The van der Waals surface area contributed by atoms with Gasteiger partial charge in [-0.2, -0.15) is 0 Å². The minimum Gasteiger partial charge on any atom is -0.496 e. The molecule has 0 radical (unpaired) electrons. The summed E-state index contributed by atoms with van der Waals surface area (Å²) in [5, 5.41) is 4.83. The molecule has 0 aliphatic rings.